The molecular formula is C17H20N2O2S. The standard InChI is InChI=1S/C17H20N2O2S/c1-4-5-13-10-16(22-11(13)2)17(21)19-15-8-6-14(7-9-15)18-12(3)20/h6-10H,4-5H2,1-3H3,(H,18,20)(H,19,21). The Kier molecular flexibility index (Phi) is 5.33. The van der Waals surface area contributed by atoms with Gasteiger partial charge in [0.1, 0.15) is 0 Å². The lowest BCUT2D eigenvalue weighted by molar-refractivity contribution is -0.114. The summed E-state index contributed by atoms with van der Waals surface area (Å²) in [5.74, 6) is -0.211. The average Bonchev–Trinajstić information content (AvgIpc) is 2.82. The maximum Gasteiger partial charge on any atom is 0.265 e. The Hall–Kier alpha value is -2.14. The minimum atomic E-state index is -0.116. The Bertz CT molecular complexity index is 674. The Morgan fingerprint density at radius 3 is 2.23 bits per heavy atom. The molecule has 0 atom stereocenters. The molecule has 0 fully saturated rings. The fourth-order valence-electron chi connectivity index (χ4n) is 2.18. The second-order valence-electron chi connectivity index (χ2n) is 5.15. The van der Waals surface area contributed by atoms with E-state index in [4.69, 9.17) is 0 Å². The number of nitrogens with one attached hydrogen (secondary N) is 2. The fraction of sp³-hybridized carbons (Fsp3) is 0.294. The van der Waals surface area contributed by atoms with Gasteiger partial charge in [0, 0.05) is 23.2 Å². The largest absolute Gasteiger partial charge is 0.326 e. The molecule has 2 rings (SSSR count). The van der Waals surface area contributed by atoms with Crippen LogP contribution in [0.2, 0.25) is 0 Å². The maximum absolute atomic E-state index is 12.3. The molecule has 1 heterocycles. The quantitative estimate of drug-likeness (QED) is 0.867. The zero-order chi connectivity index (χ0) is 16.1. The van der Waals surface area contributed by atoms with Crippen LogP contribution in [0.4, 0.5) is 11.4 Å². The van der Waals surface area contributed by atoms with Crippen molar-refractivity contribution in [2.24, 2.45) is 0 Å². The number of carbonyl (C=O) groups excluding carboxylic acids is 2. The van der Waals surface area contributed by atoms with Gasteiger partial charge >= 0.3 is 0 Å². The van der Waals surface area contributed by atoms with Crippen LogP contribution < -0.4 is 10.6 Å². The van der Waals surface area contributed by atoms with E-state index in [0.717, 1.165) is 17.7 Å². The third-order valence-electron chi connectivity index (χ3n) is 3.23. The summed E-state index contributed by atoms with van der Waals surface area (Å²) in [5.41, 5.74) is 2.67. The first-order valence-electron chi connectivity index (χ1n) is 7.28. The van der Waals surface area contributed by atoms with E-state index < -0.39 is 0 Å². The Morgan fingerprint density at radius 1 is 1.09 bits per heavy atom. The molecule has 2 N–H and O–H groups in total. The van der Waals surface area contributed by atoms with Crippen molar-refractivity contribution >= 4 is 34.5 Å². The Morgan fingerprint density at radius 2 is 1.68 bits per heavy atom. The van der Waals surface area contributed by atoms with Crippen LogP contribution in [-0.4, -0.2) is 11.8 Å². The molecule has 0 aliphatic heterocycles. The first kappa shape index (κ1) is 16.2. The monoisotopic (exact) mass is 316 g/mol. The van der Waals surface area contributed by atoms with Crippen molar-refractivity contribution in [2.75, 3.05) is 10.6 Å². The lowest BCUT2D eigenvalue weighted by Crippen LogP contribution is -2.10. The molecule has 0 aliphatic rings. The highest BCUT2D eigenvalue weighted by Crippen LogP contribution is 2.24. The summed E-state index contributed by atoms with van der Waals surface area (Å²) in [7, 11) is 0. The minimum absolute atomic E-state index is 0.0947. The van der Waals surface area contributed by atoms with Gasteiger partial charge in [0.05, 0.1) is 4.88 Å². The van der Waals surface area contributed by atoms with Crippen LogP contribution in [0.3, 0.4) is 0 Å². The van der Waals surface area contributed by atoms with Gasteiger partial charge in [-0.1, -0.05) is 13.3 Å². The van der Waals surface area contributed by atoms with Crippen molar-refractivity contribution in [1.82, 2.24) is 0 Å². The summed E-state index contributed by atoms with van der Waals surface area (Å²) in [5, 5.41) is 5.57. The molecule has 5 heteroatoms. The highest BCUT2D eigenvalue weighted by molar-refractivity contribution is 7.14. The highest BCUT2D eigenvalue weighted by atomic mass is 32.1. The van der Waals surface area contributed by atoms with E-state index in [-0.39, 0.29) is 11.8 Å². The Labute approximate surface area is 134 Å². The summed E-state index contributed by atoms with van der Waals surface area (Å²) < 4.78 is 0. The average molecular weight is 316 g/mol. The van der Waals surface area contributed by atoms with E-state index in [1.807, 2.05) is 6.07 Å². The van der Waals surface area contributed by atoms with Crippen LogP contribution >= 0.6 is 11.3 Å². The van der Waals surface area contributed by atoms with Crippen LogP contribution in [0, 0.1) is 6.92 Å². The highest BCUT2D eigenvalue weighted by Gasteiger charge is 2.12. The number of hydrogen-bond acceptors (Lipinski definition) is 3. The molecule has 4 nitrogen and oxygen atoms in total. The molecule has 2 aromatic rings. The van der Waals surface area contributed by atoms with Crippen molar-refractivity contribution in [2.45, 2.75) is 33.6 Å². The SMILES string of the molecule is CCCc1cc(C(=O)Nc2ccc(NC(C)=O)cc2)sc1C. The molecule has 2 amide bonds. The van der Waals surface area contributed by atoms with Gasteiger partial charge in [0.25, 0.3) is 5.91 Å². The van der Waals surface area contributed by atoms with Gasteiger partial charge in [-0.15, -0.1) is 11.3 Å². The van der Waals surface area contributed by atoms with E-state index in [1.165, 1.54) is 28.7 Å². The van der Waals surface area contributed by atoms with Crippen molar-refractivity contribution in [3.05, 3.63) is 45.6 Å². The lowest BCUT2D eigenvalue weighted by atomic mass is 10.1. The zero-order valence-electron chi connectivity index (χ0n) is 13.0. The predicted octanol–water partition coefficient (Wildman–Crippen LogP) is 4.22. The first-order chi connectivity index (χ1) is 10.5. The van der Waals surface area contributed by atoms with E-state index >= 15 is 0 Å². The van der Waals surface area contributed by atoms with Crippen molar-refractivity contribution in [1.29, 1.82) is 0 Å². The third kappa shape index (κ3) is 4.18. The minimum Gasteiger partial charge on any atom is -0.326 e. The fourth-order valence-corrected chi connectivity index (χ4v) is 3.15. The van der Waals surface area contributed by atoms with E-state index in [1.54, 1.807) is 24.3 Å². The molecule has 1 aromatic heterocycles. The first-order valence-corrected chi connectivity index (χ1v) is 8.09. The zero-order valence-corrected chi connectivity index (χ0v) is 13.8. The van der Waals surface area contributed by atoms with E-state index in [0.29, 0.717) is 11.4 Å². The maximum atomic E-state index is 12.3. The molecule has 116 valence electrons. The number of amides is 2. The number of benzene rings is 1. The van der Waals surface area contributed by atoms with Gasteiger partial charge in [-0.2, -0.15) is 0 Å². The molecule has 1 aromatic carbocycles. The van der Waals surface area contributed by atoms with Gasteiger partial charge < -0.3 is 10.6 Å². The number of hydrogen-bond donors (Lipinski definition) is 2. The summed E-state index contributed by atoms with van der Waals surface area (Å²) in [4.78, 5) is 25.2. The smallest absolute Gasteiger partial charge is 0.265 e. The van der Waals surface area contributed by atoms with Gasteiger partial charge in [-0.3, -0.25) is 9.59 Å². The van der Waals surface area contributed by atoms with Gasteiger partial charge in [-0.05, 0) is 49.2 Å². The van der Waals surface area contributed by atoms with Gasteiger partial charge in [0.2, 0.25) is 5.91 Å². The normalized spacial score (nSPS) is 10.3. The van der Waals surface area contributed by atoms with Gasteiger partial charge in [0.15, 0.2) is 0 Å². The van der Waals surface area contributed by atoms with Crippen LogP contribution in [0.15, 0.2) is 30.3 Å². The summed E-state index contributed by atoms with van der Waals surface area (Å²) in [6, 6.07) is 9.05. The molecule has 0 saturated carbocycles. The van der Waals surface area contributed by atoms with Crippen molar-refractivity contribution < 1.29 is 9.59 Å². The van der Waals surface area contributed by atoms with Crippen molar-refractivity contribution in [3.8, 4) is 0 Å². The molecule has 22 heavy (non-hydrogen) atoms. The van der Waals surface area contributed by atoms with Crippen LogP contribution in [0.1, 0.15) is 40.4 Å². The molecule has 0 aliphatic carbocycles. The van der Waals surface area contributed by atoms with Crippen LogP contribution in [0.5, 0.6) is 0 Å². The predicted molar refractivity (Wildman–Crippen MR) is 91.7 cm³/mol. The molecule has 0 saturated heterocycles. The van der Waals surface area contributed by atoms with Gasteiger partial charge in [-0.25, -0.2) is 0 Å². The molecule has 0 spiro atoms. The van der Waals surface area contributed by atoms with E-state index in [2.05, 4.69) is 24.5 Å². The summed E-state index contributed by atoms with van der Waals surface area (Å²) in [6.45, 7) is 5.64. The molecule has 0 unspecified atom stereocenters. The van der Waals surface area contributed by atoms with Crippen molar-refractivity contribution in [3.63, 3.8) is 0 Å². The second kappa shape index (κ2) is 7.22. The second-order valence-corrected chi connectivity index (χ2v) is 6.41. The molecule has 0 bridgehead atoms. The Balaban J connectivity index is 2.05. The van der Waals surface area contributed by atoms with E-state index in [9.17, 15) is 9.59 Å². The lowest BCUT2D eigenvalue weighted by Gasteiger charge is -2.05. The van der Waals surface area contributed by atoms with Crippen LogP contribution in [0.25, 0.3) is 0 Å². The summed E-state index contributed by atoms with van der Waals surface area (Å²) in [6.07, 6.45) is 2.07. The number of aryl methyl sites for hydroxylation is 2. The topological polar surface area (TPSA) is 58.2 Å². The third-order valence-corrected chi connectivity index (χ3v) is 4.32. The summed E-state index contributed by atoms with van der Waals surface area (Å²) >= 11 is 1.52. The molecule has 0 radical (unpaired) electrons. The number of thiophene rings is 1. The van der Waals surface area contributed by atoms with Crippen LogP contribution in [-0.2, 0) is 11.2 Å². The number of rotatable bonds is 5. The number of carbonyl (C=O) groups is 2. The molecular weight excluding hydrogens is 296 g/mol. The number of anilines is 2.